The molecular weight excluding hydrogens is 222 g/mol. The Kier molecular flexibility index (Phi) is 158. The van der Waals surface area contributed by atoms with Gasteiger partial charge < -0.3 is 0 Å². The van der Waals surface area contributed by atoms with Crippen LogP contribution in [-0.4, -0.2) is 52.2 Å². The molecule has 0 fully saturated rings. The van der Waals surface area contributed by atoms with Crippen molar-refractivity contribution in [2.45, 2.75) is 0 Å². The summed E-state index contributed by atoms with van der Waals surface area (Å²) in [5.41, 5.74) is 0. The van der Waals surface area contributed by atoms with E-state index in [1.54, 1.807) is 0 Å². The van der Waals surface area contributed by atoms with Gasteiger partial charge in [-0.25, -0.2) is 0 Å². The van der Waals surface area contributed by atoms with Crippen molar-refractivity contribution in [3.05, 3.63) is 0 Å². The molecule has 0 nitrogen and oxygen atoms in total. The Morgan fingerprint density at radius 1 is 1.00 bits per heavy atom. The molecule has 0 aliphatic rings. The first kappa shape index (κ1) is 33.9. The second-order valence-electron chi connectivity index (χ2n) is 0. The van der Waals surface area contributed by atoms with E-state index in [1.165, 1.54) is 0 Å². The Labute approximate surface area is 73.1 Å². The molecule has 22 valence electrons. The molecule has 0 aromatic heterocycles. The third kappa shape index (κ3) is 8.86. The molecule has 0 amide bonds. The van der Waals surface area contributed by atoms with Crippen LogP contribution in [0.4, 0.5) is 0 Å². The molecule has 0 spiro atoms. The Hall–Kier alpha value is 2.26. The van der Waals surface area contributed by atoms with Crippen LogP contribution in [-0.2, 0) is 21.7 Å². The fourth-order valence-corrected chi connectivity index (χ4v) is 0. The first-order valence-electron chi connectivity index (χ1n) is 0. The molecule has 0 unspecified atom stereocenters. The molecular formula is H7AlSiSnTi. The van der Waals surface area contributed by atoms with E-state index in [0.29, 0.717) is 0 Å². The van der Waals surface area contributed by atoms with E-state index in [4.69, 9.17) is 0 Å². The third-order valence-electron chi connectivity index (χ3n) is 0. The summed E-state index contributed by atoms with van der Waals surface area (Å²) in [7, 11) is 0. The standard InChI is InChI=1S/Al.H3Si.Sn.Ti.4H/h;1H3;;;;;;. The van der Waals surface area contributed by atoms with Crippen molar-refractivity contribution in [3.63, 3.8) is 0 Å². The van der Waals surface area contributed by atoms with Crippen molar-refractivity contribution in [2.75, 3.05) is 0 Å². The first-order valence-corrected chi connectivity index (χ1v) is 0. The largest absolute Gasteiger partial charge is 0 e. The van der Waals surface area contributed by atoms with Gasteiger partial charge in [0.05, 0.1) is 0 Å². The van der Waals surface area contributed by atoms with Crippen LogP contribution in [0.25, 0.3) is 0 Å². The second kappa shape index (κ2) is 18.7. The fourth-order valence-electron chi connectivity index (χ4n) is 0. The van der Waals surface area contributed by atoms with Crippen LogP contribution in [0.15, 0.2) is 0 Å². The summed E-state index contributed by atoms with van der Waals surface area (Å²) in [4.78, 5) is 0. The summed E-state index contributed by atoms with van der Waals surface area (Å²) in [5.74, 6) is 0. The molecule has 0 atom stereocenters. The van der Waals surface area contributed by atoms with Crippen LogP contribution in [0, 0.1) is 0 Å². The van der Waals surface area contributed by atoms with E-state index >= 15 is 0 Å². The molecule has 4 heteroatoms. The van der Waals surface area contributed by atoms with Gasteiger partial charge in [0.15, 0.2) is 17.4 Å². The molecule has 0 aliphatic carbocycles. The zero-order valence-corrected chi connectivity index (χ0v) is 8.93. The van der Waals surface area contributed by atoms with Crippen molar-refractivity contribution < 1.29 is 21.7 Å². The molecule has 0 aliphatic heterocycles. The van der Waals surface area contributed by atoms with Crippen LogP contribution >= 0.6 is 0 Å². The summed E-state index contributed by atoms with van der Waals surface area (Å²) in [5, 5.41) is 0. The van der Waals surface area contributed by atoms with Gasteiger partial charge in [0, 0.05) is 21.7 Å². The fraction of sp³-hybridized carbons (Fsp3) is 0. The molecule has 0 saturated carbocycles. The van der Waals surface area contributed by atoms with Gasteiger partial charge in [-0.1, -0.05) is 0 Å². The summed E-state index contributed by atoms with van der Waals surface area (Å²) in [6, 6.07) is 0. The molecule has 0 heterocycles. The second-order valence-corrected chi connectivity index (χ2v) is 0. The quantitative estimate of drug-likeness (QED) is 0.388. The molecule has 4 radical (unpaired) electrons. The predicted molar refractivity (Wildman–Crippen MR) is 27.0 cm³/mol. The molecule has 4 heavy (non-hydrogen) atoms. The smallest absolute Gasteiger partial charge is 0 e. The third-order valence-corrected chi connectivity index (χ3v) is 0. The Morgan fingerprint density at radius 2 is 1.00 bits per heavy atom. The number of hydrogen-bond acceptors (Lipinski definition) is 0. The van der Waals surface area contributed by atoms with Gasteiger partial charge in [-0.3, -0.25) is 0 Å². The maximum absolute atomic E-state index is 0. The number of hydrogen-bond donors (Lipinski definition) is 0. The first-order chi connectivity index (χ1) is 0. The van der Waals surface area contributed by atoms with Crippen LogP contribution in [0.3, 0.4) is 0 Å². The average Bonchev–Trinajstić information content (AvgIpc) is 0. The van der Waals surface area contributed by atoms with Gasteiger partial charge in [0.25, 0.3) is 0 Å². The SMILES string of the molecule is [AlH3].[SiH3].[SnH].[Ti]. The maximum Gasteiger partial charge on any atom is 0 e. The van der Waals surface area contributed by atoms with Gasteiger partial charge in [-0.2, -0.15) is 0 Å². The van der Waals surface area contributed by atoms with Crippen LogP contribution in [0.2, 0.25) is 0 Å². The molecule has 0 bridgehead atoms. The summed E-state index contributed by atoms with van der Waals surface area (Å²) in [6.07, 6.45) is 0. The average molecular weight is 229 g/mol. The minimum atomic E-state index is 0. The van der Waals surface area contributed by atoms with Gasteiger partial charge >= 0.3 is 23.9 Å². The summed E-state index contributed by atoms with van der Waals surface area (Å²) in [6.45, 7) is 0. The molecule has 0 saturated heterocycles. The van der Waals surface area contributed by atoms with Crippen molar-refractivity contribution in [2.24, 2.45) is 0 Å². The Bertz CT molecular complexity index is 8.00. The van der Waals surface area contributed by atoms with Crippen molar-refractivity contribution in [3.8, 4) is 0 Å². The monoisotopic (exact) mass is 230 g/mol. The van der Waals surface area contributed by atoms with Crippen LogP contribution < -0.4 is 0 Å². The van der Waals surface area contributed by atoms with E-state index in [2.05, 4.69) is 0 Å². The minimum absolute atomic E-state index is 0. The van der Waals surface area contributed by atoms with Crippen molar-refractivity contribution in [1.82, 2.24) is 0 Å². The molecule has 0 rings (SSSR count). The van der Waals surface area contributed by atoms with Gasteiger partial charge in [0.2, 0.25) is 0 Å². The zero-order chi connectivity index (χ0) is 0. The normalized spacial score (nSPS) is 0. The predicted octanol–water partition coefficient (Wildman–Crippen LogP) is -3.02. The zero-order valence-electron chi connectivity index (χ0n) is 2.08. The van der Waals surface area contributed by atoms with Gasteiger partial charge in [-0.15, -0.1) is 0 Å². The van der Waals surface area contributed by atoms with Gasteiger partial charge in [0.1, 0.15) is 0 Å². The van der Waals surface area contributed by atoms with Crippen molar-refractivity contribution >= 4 is 52.2 Å². The Morgan fingerprint density at radius 3 is 1.00 bits per heavy atom. The molecule has 0 aromatic rings. The topological polar surface area (TPSA) is 0 Å². The minimum Gasteiger partial charge on any atom is 0 e. The van der Waals surface area contributed by atoms with E-state index in [-0.39, 0.29) is 74.0 Å². The van der Waals surface area contributed by atoms with E-state index < -0.39 is 0 Å². The van der Waals surface area contributed by atoms with E-state index in [9.17, 15) is 0 Å². The summed E-state index contributed by atoms with van der Waals surface area (Å²) >= 11 is 0. The van der Waals surface area contributed by atoms with E-state index in [1.807, 2.05) is 0 Å². The van der Waals surface area contributed by atoms with E-state index in [0.717, 1.165) is 0 Å². The molecule has 0 aromatic carbocycles. The van der Waals surface area contributed by atoms with Gasteiger partial charge in [-0.05, 0) is 11.0 Å². The Balaban J connectivity index is 0. The molecule has 0 N–H and O–H groups in total. The number of rotatable bonds is 0. The summed E-state index contributed by atoms with van der Waals surface area (Å²) < 4.78 is 0. The van der Waals surface area contributed by atoms with Crippen LogP contribution in [0.5, 0.6) is 0 Å². The maximum atomic E-state index is 0. The van der Waals surface area contributed by atoms with Crippen molar-refractivity contribution in [1.29, 1.82) is 0 Å². The van der Waals surface area contributed by atoms with Crippen LogP contribution in [0.1, 0.15) is 0 Å².